The lowest BCUT2D eigenvalue weighted by molar-refractivity contribution is 1.07. The average Bonchev–Trinajstić information content (AvgIpc) is 2.47. The van der Waals surface area contributed by atoms with E-state index in [1.165, 1.54) is 0 Å². The van der Waals surface area contributed by atoms with E-state index in [0.717, 1.165) is 21.2 Å². The minimum absolute atomic E-state index is 0.512. The largest absolute Gasteiger partial charge is 0.326 e. The van der Waals surface area contributed by atoms with E-state index in [2.05, 4.69) is 22.0 Å². The Labute approximate surface area is 121 Å². The van der Waals surface area contributed by atoms with E-state index in [1.807, 2.05) is 54.6 Å². The molecule has 0 amide bonds. The summed E-state index contributed by atoms with van der Waals surface area (Å²) >= 11 is 3.39. The Kier molecular flexibility index (Phi) is 4.51. The molecule has 2 rings (SSSR count). The first-order valence-electron chi connectivity index (χ1n) is 5.89. The van der Waals surface area contributed by atoms with Gasteiger partial charge in [-0.3, -0.25) is 0 Å². The third kappa shape index (κ3) is 3.54. The van der Waals surface area contributed by atoms with Gasteiger partial charge in [0.2, 0.25) is 0 Å². The fourth-order valence-corrected chi connectivity index (χ4v) is 1.99. The molecule has 0 bridgehead atoms. The van der Waals surface area contributed by atoms with Gasteiger partial charge in [0.1, 0.15) is 0 Å². The van der Waals surface area contributed by atoms with Crippen molar-refractivity contribution in [2.24, 2.45) is 5.73 Å². The Morgan fingerprint density at radius 2 is 1.74 bits per heavy atom. The lowest BCUT2D eigenvalue weighted by atomic mass is 10.0. The maximum atomic E-state index is 9.27. The van der Waals surface area contributed by atoms with Crippen molar-refractivity contribution in [2.75, 3.05) is 0 Å². The van der Waals surface area contributed by atoms with Gasteiger partial charge in [0.25, 0.3) is 0 Å². The molecular weight excluding hydrogens is 300 g/mol. The number of hydrogen-bond acceptors (Lipinski definition) is 2. The molecule has 3 heteroatoms. The number of hydrogen-bond donors (Lipinski definition) is 1. The van der Waals surface area contributed by atoms with Gasteiger partial charge in [-0.1, -0.05) is 52.3 Å². The summed E-state index contributed by atoms with van der Waals surface area (Å²) < 4.78 is 1.02. The third-order valence-corrected chi connectivity index (χ3v) is 3.33. The Hall–Kier alpha value is -1.89. The number of nitrogens with zero attached hydrogens (tertiary/aromatic N) is 1. The molecule has 0 saturated carbocycles. The van der Waals surface area contributed by atoms with Crippen LogP contribution >= 0.6 is 15.9 Å². The van der Waals surface area contributed by atoms with E-state index in [4.69, 9.17) is 5.73 Å². The van der Waals surface area contributed by atoms with E-state index in [9.17, 15) is 5.26 Å². The second-order valence-corrected chi connectivity index (χ2v) is 5.04. The number of halogens is 1. The molecule has 0 atom stereocenters. The summed E-state index contributed by atoms with van der Waals surface area (Å²) in [6.07, 6.45) is 1.88. The number of nitriles is 1. The maximum absolute atomic E-state index is 9.27. The predicted octanol–water partition coefficient (Wildman–Crippen LogP) is 3.97. The van der Waals surface area contributed by atoms with Gasteiger partial charge in [0, 0.05) is 11.0 Å². The van der Waals surface area contributed by atoms with E-state index in [1.54, 1.807) is 0 Å². The van der Waals surface area contributed by atoms with E-state index in [-0.39, 0.29) is 0 Å². The lowest BCUT2D eigenvalue weighted by Gasteiger charge is -2.02. The Balaban J connectivity index is 2.33. The molecule has 0 saturated heterocycles. The standard InChI is InChI=1S/C16H13BrN2/c17-16-7-3-12(4-8-16)9-15(11-19)14-5-1-13(10-18)2-6-14/h1-9H,10,18H2/b15-9+. The van der Waals surface area contributed by atoms with Gasteiger partial charge >= 0.3 is 0 Å². The molecule has 2 nitrogen and oxygen atoms in total. The van der Waals surface area contributed by atoms with Gasteiger partial charge < -0.3 is 5.73 Å². The van der Waals surface area contributed by atoms with E-state index >= 15 is 0 Å². The van der Waals surface area contributed by atoms with Crippen LogP contribution in [-0.4, -0.2) is 0 Å². The lowest BCUT2D eigenvalue weighted by Crippen LogP contribution is -1.95. The van der Waals surface area contributed by atoms with Crippen molar-refractivity contribution < 1.29 is 0 Å². The van der Waals surface area contributed by atoms with Crippen LogP contribution in [-0.2, 0) is 6.54 Å². The van der Waals surface area contributed by atoms with Crippen molar-refractivity contribution in [2.45, 2.75) is 6.54 Å². The maximum Gasteiger partial charge on any atom is 0.0998 e. The summed E-state index contributed by atoms with van der Waals surface area (Å²) in [4.78, 5) is 0. The summed E-state index contributed by atoms with van der Waals surface area (Å²) in [5, 5.41) is 9.27. The molecule has 0 aliphatic heterocycles. The highest BCUT2D eigenvalue weighted by Gasteiger charge is 2.01. The zero-order valence-corrected chi connectivity index (χ0v) is 11.9. The smallest absolute Gasteiger partial charge is 0.0998 e. The third-order valence-electron chi connectivity index (χ3n) is 2.80. The van der Waals surface area contributed by atoms with Gasteiger partial charge in [-0.15, -0.1) is 0 Å². The topological polar surface area (TPSA) is 49.8 Å². The van der Waals surface area contributed by atoms with Crippen LogP contribution in [0.3, 0.4) is 0 Å². The molecular formula is C16H13BrN2. The molecule has 2 aromatic carbocycles. The average molecular weight is 313 g/mol. The monoisotopic (exact) mass is 312 g/mol. The molecule has 0 heterocycles. The predicted molar refractivity (Wildman–Crippen MR) is 82.0 cm³/mol. The van der Waals surface area contributed by atoms with Crippen molar-refractivity contribution in [3.05, 3.63) is 69.7 Å². The summed E-state index contributed by atoms with van der Waals surface area (Å²) in [7, 11) is 0. The van der Waals surface area contributed by atoms with Crippen LogP contribution in [0, 0.1) is 11.3 Å². The molecule has 0 aromatic heterocycles. The number of allylic oxidation sites excluding steroid dienone is 1. The highest BCUT2D eigenvalue weighted by Crippen LogP contribution is 2.19. The molecule has 0 radical (unpaired) electrons. The van der Waals surface area contributed by atoms with E-state index < -0.39 is 0 Å². The van der Waals surface area contributed by atoms with Crippen LogP contribution in [0.4, 0.5) is 0 Å². The Morgan fingerprint density at radius 1 is 1.11 bits per heavy atom. The Bertz CT molecular complexity index is 619. The van der Waals surface area contributed by atoms with Crippen LogP contribution in [0.1, 0.15) is 16.7 Å². The van der Waals surface area contributed by atoms with Crippen LogP contribution in [0.25, 0.3) is 11.6 Å². The number of rotatable bonds is 3. The fourth-order valence-electron chi connectivity index (χ4n) is 1.73. The molecule has 2 N–H and O–H groups in total. The normalized spacial score (nSPS) is 11.1. The summed E-state index contributed by atoms with van der Waals surface area (Å²) in [6, 6.07) is 17.8. The SMILES string of the molecule is N#C/C(=C\c1ccc(Br)cc1)c1ccc(CN)cc1. The molecule has 0 aliphatic rings. The van der Waals surface area contributed by atoms with Gasteiger partial charge in [-0.2, -0.15) is 5.26 Å². The van der Waals surface area contributed by atoms with Crippen molar-refractivity contribution in [3.8, 4) is 6.07 Å². The molecule has 0 unspecified atom stereocenters. The van der Waals surface area contributed by atoms with Crippen molar-refractivity contribution in [1.29, 1.82) is 5.26 Å². The van der Waals surface area contributed by atoms with Gasteiger partial charge in [0.05, 0.1) is 11.6 Å². The molecule has 0 aliphatic carbocycles. The Morgan fingerprint density at radius 3 is 2.26 bits per heavy atom. The second-order valence-electron chi connectivity index (χ2n) is 4.12. The number of benzene rings is 2. The fraction of sp³-hybridized carbons (Fsp3) is 0.0625. The van der Waals surface area contributed by atoms with Crippen molar-refractivity contribution >= 4 is 27.6 Å². The van der Waals surface area contributed by atoms with Gasteiger partial charge in [-0.05, 0) is 34.9 Å². The quantitative estimate of drug-likeness (QED) is 0.688. The first-order chi connectivity index (χ1) is 9.22. The molecule has 19 heavy (non-hydrogen) atoms. The van der Waals surface area contributed by atoms with Crippen LogP contribution in [0.15, 0.2) is 53.0 Å². The highest BCUT2D eigenvalue weighted by molar-refractivity contribution is 9.10. The zero-order chi connectivity index (χ0) is 13.7. The number of nitrogens with two attached hydrogens (primary N) is 1. The molecule has 94 valence electrons. The summed E-state index contributed by atoms with van der Waals surface area (Å²) in [5.74, 6) is 0. The summed E-state index contributed by atoms with van der Waals surface area (Å²) in [6.45, 7) is 0.512. The summed E-state index contributed by atoms with van der Waals surface area (Å²) in [5.41, 5.74) is 9.17. The molecule has 0 fully saturated rings. The minimum Gasteiger partial charge on any atom is -0.326 e. The van der Waals surface area contributed by atoms with Gasteiger partial charge in [0.15, 0.2) is 0 Å². The molecule has 2 aromatic rings. The van der Waals surface area contributed by atoms with Crippen molar-refractivity contribution in [3.63, 3.8) is 0 Å². The van der Waals surface area contributed by atoms with Crippen LogP contribution < -0.4 is 5.73 Å². The first kappa shape index (κ1) is 13.5. The second kappa shape index (κ2) is 6.33. The first-order valence-corrected chi connectivity index (χ1v) is 6.69. The molecule has 0 spiro atoms. The highest BCUT2D eigenvalue weighted by atomic mass is 79.9. The van der Waals surface area contributed by atoms with E-state index in [0.29, 0.717) is 12.1 Å². The van der Waals surface area contributed by atoms with Gasteiger partial charge in [-0.25, -0.2) is 0 Å². The van der Waals surface area contributed by atoms with Crippen LogP contribution in [0.2, 0.25) is 0 Å². The van der Waals surface area contributed by atoms with Crippen LogP contribution in [0.5, 0.6) is 0 Å². The zero-order valence-electron chi connectivity index (χ0n) is 10.3. The van der Waals surface area contributed by atoms with Crippen molar-refractivity contribution in [1.82, 2.24) is 0 Å². The minimum atomic E-state index is 0.512.